The summed E-state index contributed by atoms with van der Waals surface area (Å²) in [4.78, 5) is 27.2. The van der Waals surface area contributed by atoms with Crippen LogP contribution in [-0.4, -0.2) is 47.1 Å². The van der Waals surface area contributed by atoms with Crippen molar-refractivity contribution in [1.29, 1.82) is 0 Å². The van der Waals surface area contributed by atoms with E-state index in [-0.39, 0.29) is 11.9 Å². The van der Waals surface area contributed by atoms with Crippen LogP contribution in [-0.2, 0) is 0 Å². The third kappa shape index (κ3) is 3.45. The summed E-state index contributed by atoms with van der Waals surface area (Å²) in [6.45, 7) is 1.73. The highest BCUT2D eigenvalue weighted by Gasteiger charge is 2.23. The molecule has 1 N–H and O–H groups in total. The van der Waals surface area contributed by atoms with Crippen molar-refractivity contribution in [3.8, 4) is 5.75 Å². The van der Waals surface area contributed by atoms with E-state index in [0.29, 0.717) is 5.69 Å². The number of carbonyl (C=O) groups is 1. The molecule has 1 aliphatic heterocycles. The van der Waals surface area contributed by atoms with Gasteiger partial charge in [-0.25, -0.2) is 9.97 Å². The molecule has 0 spiro atoms. The maximum absolute atomic E-state index is 12.2. The maximum Gasteiger partial charge on any atom is 0.271 e. The van der Waals surface area contributed by atoms with E-state index in [1.54, 1.807) is 24.6 Å². The molecule has 0 unspecified atom stereocenters. The molecule has 1 saturated heterocycles. The lowest BCUT2D eigenvalue weighted by Gasteiger charge is -2.32. The van der Waals surface area contributed by atoms with Gasteiger partial charge in [0.1, 0.15) is 11.4 Å². The van der Waals surface area contributed by atoms with E-state index < -0.39 is 0 Å². The predicted octanol–water partition coefficient (Wildman–Crippen LogP) is 2.49. The van der Waals surface area contributed by atoms with Crippen molar-refractivity contribution in [3.63, 3.8) is 0 Å². The number of nitrogens with one attached hydrogen (secondary N) is 1. The number of nitrogens with zero attached hydrogens (tertiary/aromatic N) is 4. The smallest absolute Gasteiger partial charge is 0.271 e. The van der Waals surface area contributed by atoms with Crippen molar-refractivity contribution in [3.05, 3.63) is 42.5 Å². The fraction of sp³-hybridized carbons (Fsp3) is 0.333. The zero-order valence-corrected chi connectivity index (χ0v) is 15.2. The summed E-state index contributed by atoms with van der Waals surface area (Å²) < 4.78 is 6.40. The highest BCUT2D eigenvalue weighted by Crippen LogP contribution is 2.32. The number of hydrogen-bond donors (Lipinski definition) is 1. The second-order valence-electron chi connectivity index (χ2n) is 6.16. The van der Waals surface area contributed by atoms with E-state index >= 15 is 0 Å². The molecule has 1 amide bonds. The van der Waals surface area contributed by atoms with Crippen molar-refractivity contribution < 1.29 is 9.53 Å². The molecule has 1 aromatic carbocycles. The minimum absolute atomic E-state index is 0.148. The fourth-order valence-electron chi connectivity index (χ4n) is 3.05. The lowest BCUT2D eigenvalue weighted by molar-refractivity contribution is 0.0925. The highest BCUT2D eigenvalue weighted by molar-refractivity contribution is 7.22. The van der Waals surface area contributed by atoms with Crippen molar-refractivity contribution in [2.45, 2.75) is 18.9 Å². The highest BCUT2D eigenvalue weighted by atomic mass is 32.1. The summed E-state index contributed by atoms with van der Waals surface area (Å²) in [7, 11) is 1.67. The van der Waals surface area contributed by atoms with Gasteiger partial charge in [-0.2, -0.15) is 0 Å². The molecule has 4 rings (SSSR count). The second kappa shape index (κ2) is 7.25. The number of ether oxygens (including phenoxy) is 1. The number of benzene rings is 1. The summed E-state index contributed by atoms with van der Waals surface area (Å²) in [5, 5.41) is 4.07. The Balaban J connectivity index is 1.38. The summed E-state index contributed by atoms with van der Waals surface area (Å²) in [6, 6.07) is 6.09. The fourth-order valence-corrected chi connectivity index (χ4v) is 4.09. The van der Waals surface area contributed by atoms with Crippen LogP contribution in [0, 0.1) is 0 Å². The summed E-state index contributed by atoms with van der Waals surface area (Å²) in [5.41, 5.74) is 1.35. The number of amides is 1. The van der Waals surface area contributed by atoms with Crippen LogP contribution in [0.2, 0.25) is 0 Å². The Morgan fingerprint density at radius 3 is 2.88 bits per heavy atom. The Bertz CT molecular complexity index is 906. The first-order valence-electron chi connectivity index (χ1n) is 8.49. The van der Waals surface area contributed by atoms with Gasteiger partial charge in [0.2, 0.25) is 0 Å². The van der Waals surface area contributed by atoms with Crippen LogP contribution in [0.5, 0.6) is 5.75 Å². The third-order valence-corrected chi connectivity index (χ3v) is 5.56. The molecule has 26 heavy (non-hydrogen) atoms. The average Bonchev–Trinajstić information content (AvgIpc) is 3.12. The van der Waals surface area contributed by atoms with E-state index in [0.717, 1.165) is 47.0 Å². The Hall–Kier alpha value is -2.74. The molecule has 3 heterocycles. The summed E-state index contributed by atoms with van der Waals surface area (Å²) in [5.74, 6) is 0.682. The number of aromatic nitrogens is 3. The molecule has 3 aromatic rings. The molecule has 0 saturated carbocycles. The Labute approximate surface area is 155 Å². The van der Waals surface area contributed by atoms with Gasteiger partial charge in [-0.3, -0.25) is 9.78 Å². The van der Waals surface area contributed by atoms with Gasteiger partial charge in [0.05, 0.1) is 23.5 Å². The number of methoxy groups -OCH3 is 1. The molecule has 0 atom stereocenters. The van der Waals surface area contributed by atoms with Crippen molar-refractivity contribution >= 4 is 32.6 Å². The van der Waals surface area contributed by atoms with E-state index in [2.05, 4.69) is 20.2 Å². The van der Waals surface area contributed by atoms with Crippen LogP contribution in [0.25, 0.3) is 10.2 Å². The number of fused-ring (bicyclic) bond motifs is 1. The summed E-state index contributed by atoms with van der Waals surface area (Å²) in [6.07, 6.45) is 6.33. The van der Waals surface area contributed by atoms with Gasteiger partial charge in [0.25, 0.3) is 5.91 Å². The predicted molar refractivity (Wildman–Crippen MR) is 101 cm³/mol. The van der Waals surface area contributed by atoms with Crippen molar-refractivity contribution in [2.75, 3.05) is 25.1 Å². The average molecular weight is 369 g/mol. The number of hydrogen-bond acceptors (Lipinski definition) is 7. The lowest BCUT2D eigenvalue weighted by Crippen LogP contribution is -2.44. The van der Waals surface area contributed by atoms with Gasteiger partial charge in [-0.1, -0.05) is 11.3 Å². The number of anilines is 1. The molecule has 2 aromatic heterocycles. The van der Waals surface area contributed by atoms with E-state index in [9.17, 15) is 4.79 Å². The molecule has 0 bridgehead atoms. The van der Waals surface area contributed by atoms with Gasteiger partial charge in [-0.15, -0.1) is 0 Å². The standard InChI is InChI=1S/C18H19N5O2S/c1-25-13-2-3-14-16(10-13)26-18(22-14)23-8-4-12(5-9-23)21-17(24)15-11-19-6-7-20-15/h2-3,6-7,10-12H,4-5,8-9H2,1H3,(H,21,24). The SMILES string of the molecule is COc1ccc2nc(N3CCC(NC(=O)c4cnccn4)CC3)sc2c1. The zero-order chi connectivity index (χ0) is 17.9. The van der Waals surface area contributed by atoms with Crippen LogP contribution >= 0.6 is 11.3 Å². The van der Waals surface area contributed by atoms with Gasteiger partial charge in [0.15, 0.2) is 5.13 Å². The largest absolute Gasteiger partial charge is 0.497 e. The van der Waals surface area contributed by atoms with Crippen LogP contribution in [0.1, 0.15) is 23.3 Å². The Morgan fingerprint density at radius 2 is 2.15 bits per heavy atom. The van der Waals surface area contributed by atoms with Gasteiger partial charge in [0, 0.05) is 31.5 Å². The first kappa shape index (κ1) is 16.7. The molecule has 1 aliphatic rings. The molecule has 1 fully saturated rings. The topological polar surface area (TPSA) is 80.2 Å². The number of thiazole rings is 1. The minimum atomic E-state index is -0.163. The van der Waals surface area contributed by atoms with Crippen LogP contribution < -0.4 is 15.0 Å². The van der Waals surface area contributed by atoms with Crippen molar-refractivity contribution in [1.82, 2.24) is 20.3 Å². The normalized spacial score (nSPS) is 15.2. The number of rotatable bonds is 4. The van der Waals surface area contributed by atoms with Crippen molar-refractivity contribution in [2.24, 2.45) is 0 Å². The van der Waals surface area contributed by atoms with Crippen LogP contribution in [0.4, 0.5) is 5.13 Å². The zero-order valence-electron chi connectivity index (χ0n) is 14.4. The molecule has 7 nitrogen and oxygen atoms in total. The van der Waals surface area contributed by atoms with Crippen LogP contribution in [0.3, 0.4) is 0 Å². The molecule has 0 radical (unpaired) electrons. The first-order chi connectivity index (χ1) is 12.7. The van der Waals surface area contributed by atoms with Gasteiger partial charge in [-0.05, 0) is 31.0 Å². The molecule has 8 heteroatoms. The minimum Gasteiger partial charge on any atom is -0.497 e. The Morgan fingerprint density at radius 1 is 1.31 bits per heavy atom. The quantitative estimate of drug-likeness (QED) is 0.761. The second-order valence-corrected chi connectivity index (χ2v) is 7.16. The molecular formula is C18H19N5O2S. The first-order valence-corrected chi connectivity index (χ1v) is 9.31. The monoisotopic (exact) mass is 369 g/mol. The molecular weight excluding hydrogens is 350 g/mol. The summed E-state index contributed by atoms with van der Waals surface area (Å²) >= 11 is 1.67. The number of carbonyl (C=O) groups excluding carboxylic acids is 1. The van der Waals surface area contributed by atoms with Gasteiger partial charge < -0.3 is 15.0 Å². The lowest BCUT2D eigenvalue weighted by atomic mass is 10.1. The van der Waals surface area contributed by atoms with Gasteiger partial charge >= 0.3 is 0 Å². The van der Waals surface area contributed by atoms with Crippen LogP contribution in [0.15, 0.2) is 36.8 Å². The molecule has 134 valence electrons. The van der Waals surface area contributed by atoms with E-state index in [1.165, 1.54) is 12.4 Å². The Kier molecular flexibility index (Phi) is 4.66. The molecule has 0 aliphatic carbocycles. The number of piperidine rings is 1. The van der Waals surface area contributed by atoms with E-state index in [1.807, 2.05) is 18.2 Å². The third-order valence-electron chi connectivity index (χ3n) is 4.48. The van der Waals surface area contributed by atoms with E-state index in [4.69, 9.17) is 9.72 Å². The maximum atomic E-state index is 12.2.